The lowest BCUT2D eigenvalue weighted by Crippen LogP contribution is -2.11. The van der Waals surface area contributed by atoms with Gasteiger partial charge in [0.1, 0.15) is 0 Å². The van der Waals surface area contributed by atoms with Crippen LogP contribution in [0.15, 0.2) is 36.4 Å². The summed E-state index contributed by atoms with van der Waals surface area (Å²) in [5.74, 6) is 0. The van der Waals surface area contributed by atoms with Gasteiger partial charge in [0, 0.05) is 28.7 Å². The highest BCUT2D eigenvalue weighted by molar-refractivity contribution is 6.09. The number of rotatable bonds is 0. The molecule has 0 N–H and O–H groups in total. The average Bonchev–Trinajstić information content (AvgIpc) is 2.55. The van der Waals surface area contributed by atoms with Gasteiger partial charge in [-0.2, -0.15) is 0 Å². The van der Waals surface area contributed by atoms with Crippen molar-refractivity contribution >= 4 is 27.8 Å². The van der Waals surface area contributed by atoms with Crippen LogP contribution in [0.25, 0.3) is 27.8 Å². The van der Waals surface area contributed by atoms with Gasteiger partial charge in [-0.3, -0.25) is 0 Å². The molecule has 0 amide bonds. The molecule has 0 saturated carbocycles. The van der Waals surface area contributed by atoms with Crippen molar-refractivity contribution in [1.82, 2.24) is 4.57 Å². The molecule has 0 aliphatic heterocycles. The molecule has 1 heterocycles. The standard InChI is InChI=1S/C14H13N/c1-3-12-11-8-4-6-10-7-5-9-13(14(10)11)15(12)2/h3-9H,1-2H3/b12-3-. The second-order valence-corrected chi connectivity index (χ2v) is 3.91. The maximum Gasteiger partial charge on any atom is 0.0494 e. The predicted octanol–water partition coefficient (Wildman–Crippen LogP) is 2.85. The van der Waals surface area contributed by atoms with Gasteiger partial charge in [-0.1, -0.05) is 36.4 Å². The Hall–Kier alpha value is -1.76. The minimum Gasteiger partial charge on any atom is -0.344 e. The van der Waals surface area contributed by atoms with Gasteiger partial charge in [0.15, 0.2) is 0 Å². The molecule has 0 radical (unpaired) electrons. The molecule has 3 aromatic rings. The zero-order valence-corrected chi connectivity index (χ0v) is 8.99. The summed E-state index contributed by atoms with van der Waals surface area (Å²) in [6.45, 7) is 2.09. The zero-order chi connectivity index (χ0) is 10.4. The van der Waals surface area contributed by atoms with Crippen LogP contribution in [0, 0.1) is 0 Å². The highest BCUT2D eigenvalue weighted by atomic mass is 14.9. The van der Waals surface area contributed by atoms with Gasteiger partial charge in [0.25, 0.3) is 0 Å². The van der Waals surface area contributed by atoms with Crippen molar-refractivity contribution in [2.75, 3.05) is 0 Å². The van der Waals surface area contributed by atoms with Crippen molar-refractivity contribution in [1.29, 1.82) is 0 Å². The molecule has 15 heavy (non-hydrogen) atoms. The molecule has 0 atom stereocenters. The number of hydrogen-bond donors (Lipinski definition) is 0. The summed E-state index contributed by atoms with van der Waals surface area (Å²) < 4.78 is 2.26. The van der Waals surface area contributed by atoms with Crippen LogP contribution < -0.4 is 5.35 Å². The van der Waals surface area contributed by atoms with E-state index < -0.39 is 0 Å². The van der Waals surface area contributed by atoms with E-state index in [9.17, 15) is 0 Å². The first-order valence-corrected chi connectivity index (χ1v) is 5.25. The quantitative estimate of drug-likeness (QED) is 0.520. The molecule has 0 unspecified atom stereocenters. The van der Waals surface area contributed by atoms with Crippen LogP contribution in [-0.2, 0) is 7.05 Å². The smallest absolute Gasteiger partial charge is 0.0494 e. The van der Waals surface area contributed by atoms with Crippen molar-refractivity contribution in [2.24, 2.45) is 7.05 Å². The third-order valence-corrected chi connectivity index (χ3v) is 3.15. The second kappa shape index (κ2) is 2.86. The van der Waals surface area contributed by atoms with E-state index in [0.717, 1.165) is 0 Å². The topological polar surface area (TPSA) is 4.93 Å². The van der Waals surface area contributed by atoms with Crippen molar-refractivity contribution in [3.8, 4) is 0 Å². The van der Waals surface area contributed by atoms with E-state index in [1.54, 1.807) is 0 Å². The normalized spacial score (nSPS) is 13.1. The predicted molar refractivity (Wildman–Crippen MR) is 65.8 cm³/mol. The van der Waals surface area contributed by atoms with Gasteiger partial charge >= 0.3 is 0 Å². The highest BCUT2D eigenvalue weighted by Crippen LogP contribution is 2.24. The minimum atomic E-state index is 1.31. The van der Waals surface area contributed by atoms with E-state index in [0.29, 0.717) is 0 Å². The Morgan fingerprint density at radius 3 is 2.53 bits per heavy atom. The SMILES string of the molecule is C/C=c1/c2cccc3cccc(c32)n1C. The molecule has 0 aliphatic rings. The molecular weight excluding hydrogens is 182 g/mol. The van der Waals surface area contributed by atoms with E-state index in [1.807, 2.05) is 0 Å². The molecule has 1 heteroatoms. The van der Waals surface area contributed by atoms with Crippen molar-refractivity contribution in [3.63, 3.8) is 0 Å². The van der Waals surface area contributed by atoms with Gasteiger partial charge in [0.05, 0.1) is 0 Å². The van der Waals surface area contributed by atoms with E-state index >= 15 is 0 Å². The average molecular weight is 195 g/mol. The van der Waals surface area contributed by atoms with E-state index in [2.05, 4.69) is 61.0 Å². The zero-order valence-electron chi connectivity index (χ0n) is 8.99. The second-order valence-electron chi connectivity index (χ2n) is 3.91. The maximum absolute atomic E-state index is 2.26. The Bertz CT molecular complexity index is 684. The fourth-order valence-corrected chi connectivity index (χ4v) is 2.47. The summed E-state index contributed by atoms with van der Waals surface area (Å²) in [6.07, 6.45) is 2.18. The fourth-order valence-electron chi connectivity index (χ4n) is 2.47. The summed E-state index contributed by atoms with van der Waals surface area (Å²) in [5.41, 5.74) is 1.32. The fraction of sp³-hybridized carbons (Fsp3) is 0.143. The Labute approximate surface area is 88.6 Å². The highest BCUT2D eigenvalue weighted by Gasteiger charge is 2.07. The Kier molecular flexibility index (Phi) is 1.63. The molecule has 0 aliphatic carbocycles. The summed E-state index contributed by atoms with van der Waals surface area (Å²) in [6, 6.07) is 13.0. The number of benzene rings is 2. The summed E-state index contributed by atoms with van der Waals surface area (Å²) in [7, 11) is 2.13. The number of hydrogen-bond acceptors (Lipinski definition) is 0. The molecule has 0 saturated heterocycles. The van der Waals surface area contributed by atoms with Crippen molar-refractivity contribution in [2.45, 2.75) is 6.92 Å². The molecule has 2 aromatic carbocycles. The van der Waals surface area contributed by atoms with Gasteiger partial charge in [-0.05, 0) is 18.4 Å². The Morgan fingerprint density at radius 1 is 1.07 bits per heavy atom. The largest absolute Gasteiger partial charge is 0.344 e. The van der Waals surface area contributed by atoms with E-state index in [-0.39, 0.29) is 0 Å². The van der Waals surface area contributed by atoms with E-state index in [1.165, 1.54) is 27.0 Å². The van der Waals surface area contributed by atoms with Gasteiger partial charge in [-0.15, -0.1) is 0 Å². The number of aromatic nitrogens is 1. The van der Waals surface area contributed by atoms with Crippen LogP contribution in [0.3, 0.4) is 0 Å². The Morgan fingerprint density at radius 2 is 1.80 bits per heavy atom. The third kappa shape index (κ3) is 0.977. The van der Waals surface area contributed by atoms with Gasteiger partial charge in [0.2, 0.25) is 0 Å². The summed E-state index contributed by atoms with van der Waals surface area (Å²) in [4.78, 5) is 0. The molecule has 0 fully saturated rings. The van der Waals surface area contributed by atoms with Gasteiger partial charge in [-0.25, -0.2) is 0 Å². The van der Waals surface area contributed by atoms with Crippen LogP contribution in [0.5, 0.6) is 0 Å². The number of nitrogens with zero attached hydrogens (tertiary/aromatic N) is 1. The van der Waals surface area contributed by atoms with Crippen LogP contribution in [0.1, 0.15) is 6.92 Å². The molecule has 3 rings (SSSR count). The lowest BCUT2D eigenvalue weighted by molar-refractivity contribution is 0.935. The molecule has 1 nitrogen and oxygen atoms in total. The lowest BCUT2D eigenvalue weighted by atomic mass is 10.1. The third-order valence-electron chi connectivity index (χ3n) is 3.15. The van der Waals surface area contributed by atoms with E-state index in [4.69, 9.17) is 0 Å². The maximum atomic E-state index is 2.26. The first kappa shape index (κ1) is 8.54. The molecule has 0 spiro atoms. The summed E-state index contributed by atoms with van der Waals surface area (Å²) in [5, 5.41) is 5.37. The van der Waals surface area contributed by atoms with Crippen LogP contribution in [0.4, 0.5) is 0 Å². The minimum absolute atomic E-state index is 1.31. The molecule has 74 valence electrons. The van der Waals surface area contributed by atoms with Crippen LogP contribution in [-0.4, -0.2) is 4.57 Å². The molecular formula is C14H13N. The van der Waals surface area contributed by atoms with Crippen LogP contribution >= 0.6 is 0 Å². The van der Waals surface area contributed by atoms with Gasteiger partial charge < -0.3 is 4.57 Å². The molecule has 1 aromatic heterocycles. The Balaban J connectivity index is 2.79. The summed E-state index contributed by atoms with van der Waals surface area (Å²) >= 11 is 0. The van der Waals surface area contributed by atoms with Crippen molar-refractivity contribution in [3.05, 3.63) is 41.7 Å². The lowest BCUT2D eigenvalue weighted by Gasteiger charge is -1.97. The molecule has 0 bridgehead atoms. The number of aryl methyl sites for hydroxylation is 1. The van der Waals surface area contributed by atoms with Crippen molar-refractivity contribution < 1.29 is 0 Å². The first-order chi connectivity index (χ1) is 7.33. The van der Waals surface area contributed by atoms with Crippen LogP contribution in [0.2, 0.25) is 0 Å². The first-order valence-electron chi connectivity index (χ1n) is 5.25. The monoisotopic (exact) mass is 195 g/mol.